The van der Waals surface area contributed by atoms with Gasteiger partial charge in [-0.15, -0.1) is 0 Å². The number of nitrogens with one attached hydrogen (secondary N) is 1. The summed E-state index contributed by atoms with van der Waals surface area (Å²) in [6.45, 7) is 4.61. The number of amides is 1. The first-order chi connectivity index (χ1) is 10.1. The lowest BCUT2D eigenvalue weighted by molar-refractivity contribution is 0.0952. The Balaban J connectivity index is 1.87. The number of aromatic hydroxyl groups is 1. The SMILES string of the molecule is Cc1cc(O)ccc1C(=O)NCCC(C)c1ccccc1. The first kappa shape index (κ1) is 15.1. The third kappa shape index (κ3) is 4.09. The van der Waals surface area contributed by atoms with Gasteiger partial charge in [-0.1, -0.05) is 37.3 Å². The number of carbonyl (C=O) groups is 1. The molecular formula is C18H21NO2. The Morgan fingerprint density at radius 2 is 1.90 bits per heavy atom. The maximum absolute atomic E-state index is 12.1. The second-order valence-electron chi connectivity index (χ2n) is 5.36. The number of benzene rings is 2. The molecular weight excluding hydrogens is 262 g/mol. The molecule has 2 rings (SSSR count). The van der Waals surface area contributed by atoms with Crippen molar-refractivity contribution in [2.24, 2.45) is 0 Å². The molecule has 0 saturated heterocycles. The van der Waals surface area contributed by atoms with Crippen molar-refractivity contribution in [3.8, 4) is 5.75 Å². The minimum absolute atomic E-state index is 0.0900. The molecule has 3 nitrogen and oxygen atoms in total. The number of phenols is 1. The molecule has 0 aliphatic rings. The van der Waals surface area contributed by atoms with Crippen molar-refractivity contribution in [2.75, 3.05) is 6.54 Å². The van der Waals surface area contributed by atoms with Crippen LogP contribution in [0, 0.1) is 6.92 Å². The number of carbonyl (C=O) groups excluding carboxylic acids is 1. The third-order valence-electron chi connectivity index (χ3n) is 3.69. The third-order valence-corrected chi connectivity index (χ3v) is 3.69. The first-order valence-corrected chi connectivity index (χ1v) is 7.20. The Hall–Kier alpha value is -2.29. The highest BCUT2D eigenvalue weighted by molar-refractivity contribution is 5.95. The zero-order valence-corrected chi connectivity index (χ0v) is 12.5. The molecule has 2 N–H and O–H groups in total. The van der Waals surface area contributed by atoms with Crippen LogP contribution in [-0.2, 0) is 0 Å². The highest BCUT2D eigenvalue weighted by atomic mass is 16.3. The van der Waals surface area contributed by atoms with Gasteiger partial charge in [0.2, 0.25) is 0 Å². The quantitative estimate of drug-likeness (QED) is 0.880. The monoisotopic (exact) mass is 283 g/mol. The van der Waals surface area contributed by atoms with Gasteiger partial charge >= 0.3 is 0 Å². The van der Waals surface area contributed by atoms with Gasteiger partial charge in [-0.25, -0.2) is 0 Å². The molecule has 0 heterocycles. The topological polar surface area (TPSA) is 49.3 Å². The van der Waals surface area contributed by atoms with Gasteiger partial charge in [0.15, 0.2) is 0 Å². The Kier molecular flexibility index (Phi) is 4.99. The minimum atomic E-state index is -0.0900. The lowest BCUT2D eigenvalue weighted by Gasteiger charge is -2.13. The van der Waals surface area contributed by atoms with Crippen LogP contribution in [0.1, 0.15) is 40.7 Å². The molecule has 0 fully saturated rings. The van der Waals surface area contributed by atoms with E-state index in [1.807, 2.05) is 25.1 Å². The molecule has 1 atom stereocenters. The molecule has 1 amide bonds. The average molecular weight is 283 g/mol. The summed E-state index contributed by atoms with van der Waals surface area (Å²) in [7, 11) is 0. The molecule has 21 heavy (non-hydrogen) atoms. The number of aryl methyl sites for hydroxylation is 1. The number of hydrogen-bond acceptors (Lipinski definition) is 2. The molecule has 0 spiro atoms. The Bertz CT molecular complexity index is 608. The van der Waals surface area contributed by atoms with Gasteiger partial charge in [-0.05, 0) is 48.6 Å². The molecule has 1 unspecified atom stereocenters. The molecule has 0 saturated carbocycles. The standard InChI is InChI=1S/C18H21NO2/c1-13(15-6-4-3-5-7-15)10-11-19-18(21)17-9-8-16(20)12-14(17)2/h3-9,12-13,20H,10-11H2,1-2H3,(H,19,21). The van der Waals surface area contributed by atoms with E-state index in [9.17, 15) is 9.90 Å². The van der Waals surface area contributed by atoms with Crippen LogP contribution in [0.3, 0.4) is 0 Å². The van der Waals surface area contributed by atoms with Gasteiger partial charge in [0, 0.05) is 12.1 Å². The predicted molar refractivity (Wildman–Crippen MR) is 84.7 cm³/mol. The van der Waals surface area contributed by atoms with E-state index in [1.54, 1.807) is 12.1 Å². The van der Waals surface area contributed by atoms with Crippen LogP contribution in [0.5, 0.6) is 5.75 Å². The Morgan fingerprint density at radius 1 is 1.19 bits per heavy atom. The summed E-state index contributed by atoms with van der Waals surface area (Å²) in [5.74, 6) is 0.502. The van der Waals surface area contributed by atoms with Gasteiger partial charge in [0.05, 0.1) is 0 Å². The van der Waals surface area contributed by atoms with Crippen molar-refractivity contribution in [3.05, 3.63) is 65.2 Å². The smallest absolute Gasteiger partial charge is 0.251 e. The summed E-state index contributed by atoms with van der Waals surface area (Å²) in [5, 5.41) is 12.3. The van der Waals surface area contributed by atoms with E-state index in [4.69, 9.17) is 0 Å². The van der Waals surface area contributed by atoms with E-state index >= 15 is 0 Å². The summed E-state index contributed by atoms with van der Waals surface area (Å²) in [6, 6.07) is 15.1. The molecule has 2 aromatic rings. The maximum Gasteiger partial charge on any atom is 0.251 e. The van der Waals surface area contributed by atoms with Crippen molar-refractivity contribution in [1.29, 1.82) is 0 Å². The van der Waals surface area contributed by atoms with Crippen molar-refractivity contribution in [1.82, 2.24) is 5.32 Å². The maximum atomic E-state index is 12.1. The predicted octanol–water partition coefficient (Wildman–Crippen LogP) is 3.62. The average Bonchev–Trinajstić information content (AvgIpc) is 2.47. The number of hydrogen-bond donors (Lipinski definition) is 2. The van der Waals surface area contributed by atoms with Crippen LogP contribution < -0.4 is 5.32 Å². The van der Waals surface area contributed by atoms with E-state index in [0.29, 0.717) is 18.0 Å². The highest BCUT2D eigenvalue weighted by Gasteiger charge is 2.10. The van der Waals surface area contributed by atoms with Crippen molar-refractivity contribution >= 4 is 5.91 Å². The molecule has 0 aliphatic heterocycles. The fourth-order valence-electron chi connectivity index (χ4n) is 2.35. The van der Waals surface area contributed by atoms with Gasteiger partial charge in [-0.2, -0.15) is 0 Å². The minimum Gasteiger partial charge on any atom is -0.508 e. The van der Waals surface area contributed by atoms with Gasteiger partial charge < -0.3 is 10.4 Å². The molecule has 0 radical (unpaired) electrons. The first-order valence-electron chi connectivity index (χ1n) is 7.20. The number of phenolic OH excluding ortho intramolecular Hbond substituents is 1. The van der Waals surface area contributed by atoms with Crippen molar-refractivity contribution < 1.29 is 9.90 Å². The zero-order valence-electron chi connectivity index (χ0n) is 12.5. The zero-order chi connectivity index (χ0) is 15.2. The van der Waals surface area contributed by atoms with E-state index in [-0.39, 0.29) is 11.7 Å². The van der Waals surface area contributed by atoms with Gasteiger partial charge in [0.1, 0.15) is 5.75 Å². The summed E-state index contributed by atoms with van der Waals surface area (Å²) in [5.41, 5.74) is 2.68. The van der Waals surface area contributed by atoms with E-state index in [2.05, 4.69) is 24.4 Å². The number of rotatable bonds is 5. The largest absolute Gasteiger partial charge is 0.508 e. The van der Waals surface area contributed by atoms with Crippen LogP contribution in [0.2, 0.25) is 0 Å². The molecule has 0 aliphatic carbocycles. The van der Waals surface area contributed by atoms with Gasteiger partial charge in [0.25, 0.3) is 5.91 Å². The summed E-state index contributed by atoms with van der Waals surface area (Å²) in [4.78, 5) is 12.1. The molecule has 0 bridgehead atoms. The van der Waals surface area contributed by atoms with Crippen LogP contribution in [0.15, 0.2) is 48.5 Å². The van der Waals surface area contributed by atoms with E-state index in [1.165, 1.54) is 11.6 Å². The Labute approximate surface area is 125 Å². The molecule has 3 heteroatoms. The lowest BCUT2D eigenvalue weighted by atomic mass is 9.98. The summed E-state index contributed by atoms with van der Waals surface area (Å²) in [6.07, 6.45) is 0.896. The lowest BCUT2D eigenvalue weighted by Crippen LogP contribution is -2.26. The van der Waals surface area contributed by atoms with E-state index in [0.717, 1.165) is 12.0 Å². The molecule has 110 valence electrons. The normalized spacial score (nSPS) is 11.9. The summed E-state index contributed by atoms with van der Waals surface area (Å²) < 4.78 is 0. The van der Waals surface area contributed by atoms with Crippen LogP contribution >= 0.6 is 0 Å². The molecule has 0 aromatic heterocycles. The van der Waals surface area contributed by atoms with Gasteiger partial charge in [-0.3, -0.25) is 4.79 Å². The second-order valence-corrected chi connectivity index (χ2v) is 5.36. The molecule has 2 aromatic carbocycles. The van der Waals surface area contributed by atoms with Crippen molar-refractivity contribution in [2.45, 2.75) is 26.2 Å². The fraction of sp³-hybridized carbons (Fsp3) is 0.278. The Morgan fingerprint density at radius 3 is 2.57 bits per heavy atom. The summed E-state index contributed by atoms with van der Waals surface area (Å²) >= 11 is 0. The van der Waals surface area contributed by atoms with Crippen LogP contribution in [-0.4, -0.2) is 17.6 Å². The van der Waals surface area contributed by atoms with E-state index < -0.39 is 0 Å². The second kappa shape index (κ2) is 6.93. The van der Waals surface area contributed by atoms with Crippen LogP contribution in [0.25, 0.3) is 0 Å². The highest BCUT2D eigenvalue weighted by Crippen LogP contribution is 2.18. The van der Waals surface area contributed by atoms with Crippen LogP contribution in [0.4, 0.5) is 0 Å². The van der Waals surface area contributed by atoms with Crippen molar-refractivity contribution in [3.63, 3.8) is 0 Å². The fourth-order valence-corrected chi connectivity index (χ4v) is 2.35.